The Labute approximate surface area is 121 Å². The van der Waals surface area contributed by atoms with E-state index in [2.05, 4.69) is 0 Å². The Morgan fingerprint density at radius 2 is 1.90 bits per heavy atom. The molecule has 0 saturated carbocycles. The molecule has 1 N–H and O–H groups in total. The number of rotatable bonds is 4. The number of hydrogen-bond donors (Lipinski definition) is 1. The Morgan fingerprint density at radius 1 is 1.24 bits per heavy atom. The maximum Gasteiger partial charge on any atom is 0.350 e. The van der Waals surface area contributed by atoms with Crippen LogP contribution in [0.15, 0.2) is 39.5 Å². The summed E-state index contributed by atoms with van der Waals surface area (Å²) in [5.74, 6) is -0.0134. The first-order valence-electron chi connectivity index (χ1n) is 6.21. The van der Waals surface area contributed by atoms with Crippen LogP contribution in [0.1, 0.15) is 28.6 Å². The Bertz CT molecular complexity index is 738. The number of methoxy groups -OCH3 is 1. The van der Waals surface area contributed by atoms with Gasteiger partial charge in [0.15, 0.2) is 5.78 Å². The summed E-state index contributed by atoms with van der Waals surface area (Å²) in [4.78, 5) is 22.8. The fraction of sp³-hybridized carbons (Fsp3) is 0.125. The van der Waals surface area contributed by atoms with E-state index in [0.29, 0.717) is 0 Å². The third-order valence-corrected chi connectivity index (χ3v) is 2.86. The highest BCUT2D eigenvalue weighted by Gasteiger charge is 2.14. The molecule has 1 aromatic carbocycles. The average Bonchev–Trinajstić information content (AvgIpc) is 2.44. The molecule has 0 atom stereocenters. The van der Waals surface area contributed by atoms with Crippen LogP contribution < -0.4 is 10.4 Å². The molecule has 0 unspecified atom stereocenters. The van der Waals surface area contributed by atoms with Gasteiger partial charge in [-0.3, -0.25) is 4.79 Å². The quantitative estimate of drug-likeness (QED) is 0.874. The normalized spacial score (nSPS) is 10.8. The van der Waals surface area contributed by atoms with Gasteiger partial charge in [0.25, 0.3) is 0 Å². The summed E-state index contributed by atoms with van der Waals surface area (Å²) in [6.45, 7) is 1.19. The Morgan fingerprint density at radius 3 is 2.43 bits per heavy atom. The molecule has 0 saturated heterocycles. The first-order chi connectivity index (χ1) is 10.0. The van der Waals surface area contributed by atoms with Gasteiger partial charge in [0, 0.05) is 6.07 Å². The Hall–Kier alpha value is -2.82. The van der Waals surface area contributed by atoms with Gasteiger partial charge in [-0.2, -0.15) is 0 Å². The van der Waals surface area contributed by atoms with Crippen LogP contribution in [0.4, 0.5) is 0 Å². The second kappa shape index (κ2) is 6.09. The van der Waals surface area contributed by atoms with Crippen LogP contribution in [0.25, 0.3) is 12.2 Å². The summed E-state index contributed by atoms with van der Waals surface area (Å²) in [5.41, 5.74) is -0.318. The smallest absolute Gasteiger partial charge is 0.350 e. The molecule has 1 heterocycles. The van der Waals surface area contributed by atoms with Crippen molar-refractivity contribution in [1.29, 1.82) is 0 Å². The summed E-state index contributed by atoms with van der Waals surface area (Å²) >= 11 is 0. The summed E-state index contributed by atoms with van der Waals surface area (Å²) in [6, 6.07) is 8.49. The van der Waals surface area contributed by atoms with Crippen molar-refractivity contribution in [3.05, 3.63) is 57.6 Å². The SMILES string of the molecule is COc1ccc(/C=C/c2cc(O)c(C(C)=O)c(=O)o2)cc1. The van der Waals surface area contributed by atoms with Gasteiger partial charge >= 0.3 is 5.63 Å². The van der Waals surface area contributed by atoms with Gasteiger partial charge in [-0.1, -0.05) is 18.2 Å². The van der Waals surface area contributed by atoms with E-state index in [1.807, 2.05) is 12.1 Å². The van der Waals surface area contributed by atoms with Crippen LogP contribution in [0.5, 0.6) is 11.5 Å². The van der Waals surface area contributed by atoms with Gasteiger partial charge in [-0.25, -0.2) is 4.79 Å². The van der Waals surface area contributed by atoms with Crippen molar-refractivity contribution in [2.75, 3.05) is 7.11 Å². The van der Waals surface area contributed by atoms with Crippen LogP contribution in [0.3, 0.4) is 0 Å². The highest BCUT2D eigenvalue weighted by Crippen LogP contribution is 2.18. The molecule has 0 bridgehead atoms. The minimum absolute atomic E-state index is 0.165. The molecule has 5 heteroatoms. The van der Waals surface area contributed by atoms with Gasteiger partial charge in [0.05, 0.1) is 7.11 Å². The van der Waals surface area contributed by atoms with Crippen LogP contribution in [-0.2, 0) is 0 Å². The molecule has 1 aromatic heterocycles. The fourth-order valence-corrected chi connectivity index (χ4v) is 1.80. The molecule has 0 radical (unpaired) electrons. The summed E-state index contributed by atoms with van der Waals surface area (Å²) in [6.07, 6.45) is 3.25. The predicted molar refractivity (Wildman–Crippen MR) is 78.6 cm³/mol. The van der Waals surface area contributed by atoms with E-state index in [9.17, 15) is 14.7 Å². The van der Waals surface area contributed by atoms with Crippen molar-refractivity contribution in [2.45, 2.75) is 6.92 Å². The lowest BCUT2D eigenvalue weighted by atomic mass is 10.1. The van der Waals surface area contributed by atoms with Gasteiger partial charge in [0.1, 0.15) is 22.8 Å². The molecule has 108 valence electrons. The van der Waals surface area contributed by atoms with Crippen molar-refractivity contribution in [3.63, 3.8) is 0 Å². The lowest BCUT2D eigenvalue weighted by Gasteiger charge is -2.01. The molecule has 2 rings (SSSR count). The predicted octanol–water partition coefficient (Wildman–Crippen LogP) is 2.73. The Balaban J connectivity index is 2.29. The Kier molecular flexibility index (Phi) is 4.23. The number of carbonyl (C=O) groups excluding carboxylic acids is 1. The molecule has 0 aliphatic carbocycles. The first kappa shape index (κ1) is 14.6. The third kappa shape index (κ3) is 3.39. The van der Waals surface area contributed by atoms with Gasteiger partial charge in [0.2, 0.25) is 0 Å². The van der Waals surface area contributed by atoms with Gasteiger partial charge in [-0.05, 0) is 30.7 Å². The van der Waals surface area contributed by atoms with E-state index in [0.717, 1.165) is 11.3 Å². The van der Waals surface area contributed by atoms with Crippen molar-refractivity contribution in [1.82, 2.24) is 0 Å². The van der Waals surface area contributed by atoms with E-state index >= 15 is 0 Å². The number of ether oxygens (including phenoxy) is 1. The molecule has 0 aliphatic rings. The summed E-state index contributed by atoms with van der Waals surface area (Å²) in [5, 5.41) is 9.68. The molecular weight excluding hydrogens is 272 g/mol. The molecule has 0 amide bonds. The fourth-order valence-electron chi connectivity index (χ4n) is 1.80. The van der Waals surface area contributed by atoms with Crippen molar-refractivity contribution in [2.24, 2.45) is 0 Å². The number of aromatic hydroxyl groups is 1. The number of Topliss-reactive ketones (excluding diaryl/α,β-unsaturated/α-hetero) is 1. The minimum Gasteiger partial charge on any atom is -0.507 e. The van der Waals surface area contributed by atoms with Crippen LogP contribution in [0.2, 0.25) is 0 Å². The second-order valence-corrected chi connectivity index (χ2v) is 4.36. The minimum atomic E-state index is -0.850. The molecule has 2 aromatic rings. The highest BCUT2D eigenvalue weighted by atomic mass is 16.5. The van der Waals surface area contributed by atoms with Crippen LogP contribution in [-0.4, -0.2) is 18.0 Å². The van der Waals surface area contributed by atoms with E-state index < -0.39 is 11.4 Å². The largest absolute Gasteiger partial charge is 0.507 e. The zero-order chi connectivity index (χ0) is 15.4. The molecule has 0 fully saturated rings. The number of carbonyl (C=O) groups is 1. The van der Waals surface area contributed by atoms with E-state index in [-0.39, 0.29) is 17.1 Å². The zero-order valence-electron chi connectivity index (χ0n) is 11.6. The van der Waals surface area contributed by atoms with E-state index in [1.54, 1.807) is 25.3 Å². The summed E-state index contributed by atoms with van der Waals surface area (Å²) in [7, 11) is 1.58. The monoisotopic (exact) mass is 286 g/mol. The van der Waals surface area contributed by atoms with E-state index in [4.69, 9.17) is 9.15 Å². The zero-order valence-corrected chi connectivity index (χ0v) is 11.6. The number of hydrogen-bond acceptors (Lipinski definition) is 5. The van der Waals surface area contributed by atoms with Gasteiger partial charge in [-0.15, -0.1) is 0 Å². The topological polar surface area (TPSA) is 76.7 Å². The average molecular weight is 286 g/mol. The molecular formula is C16H14O5. The lowest BCUT2D eigenvalue weighted by Crippen LogP contribution is -2.12. The second-order valence-electron chi connectivity index (χ2n) is 4.36. The van der Waals surface area contributed by atoms with Crippen LogP contribution in [0, 0.1) is 0 Å². The van der Waals surface area contributed by atoms with Crippen LogP contribution >= 0.6 is 0 Å². The highest BCUT2D eigenvalue weighted by molar-refractivity contribution is 5.96. The van der Waals surface area contributed by atoms with Gasteiger partial charge < -0.3 is 14.3 Å². The molecule has 5 nitrogen and oxygen atoms in total. The number of benzene rings is 1. The maximum atomic E-state index is 11.6. The van der Waals surface area contributed by atoms with Crippen molar-refractivity contribution >= 4 is 17.9 Å². The number of ketones is 1. The maximum absolute atomic E-state index is 11.6. The lowest BCUT2D eigenvalue weighted by molar-refractivity contribution is 0.101. The van der Waals surface area contributed by atoms with E-state index in [1.165, 1.54) is 19.1 Å². The molecule has 0 aliphatic heterocycles. The molecule has 0 spiro atoms. The first-order valence-corrected chi connectivity index (χ1v) is 6.21. The van der Waals surface area contributed by atoms with Crippen molar-refractivity contribution in [3.8, 4) is 11.5 Å². The van der Waals surface area contributed by atoms with Crippen molar-refractivity contribution < 1.29 is 19.1 Å². The standard InChI is InChI=1S/C16H14O5/c1-10(17)15-14(18)9-13(21-16(15)19)8-5-11-3-6-12(20-2)7-4-11/h3-9,18H,1-2H3/b8-5+. The summed E-state index contributed by atoms with van der Waals surface area (Å²) < 4.78 is 10.0. The third-order valence-electron chi connectivity index (χ3n) is 2.86. The molecule has 21 heavy (non-hydrogen) atoms.